The molecule has 0 amide bonds. The van der Waals surface area contributed by atoms with Gasteiger partial charge in [-0.2, -0.15) is 0 Å². The minimum atomic E-state index is -3.40. The van der Waals surface area contributed by atoms with Crippen LogP contribution >= 0.6 is 0 Å². The van der Waals surface area contributed by atoms with Crippen LogP contribution in [-0.4, -0.2) is 24.0 Å². The molecular weight excluding hydrogens is 226 g/mol. The van der Waals surface area contributed by atoms with Crippen molar-refractivity contribution in [3.8, 4) is 0 Å². The Labute approximate surface area is 95.9 Å². The Kier molecular flexibility index (Phi) is 3.03. The zero-order chi connectivity index (χ0) is 11.8. The molecule has 6 heteroatoms. The summed E-state index contributed by atoms with van der Waals surface area (Å²) in [6.07, 6.45) is 4.46. The van der Waals surface area contributed by atoms with Crippen LogP contribution in [0.3, 0.4) is 0 Å². The van der Waals surface area contributed by atoms with E-state index in [1.807, 2.05) is 11.5 Å². The molecule has 90 valence electrons. The number of hydrogen-bond acceptors (Lipinski definition) is 3. The smallest absolute Gasteiger partial charge is 0.259 e. The lowest BCUT2D eigenvalue weighted by Gasteiger charge is -2.01. The summed E-state index contributed by atoms with van der Waals surface area (Å²) in [5.41, 5.74) is 0. The molecule has 0 aliphatic heterocycles. The van der Waals surface area contributed by atoms with E-state index < -0.39 is 10.0 Å². The zero-order valence-electron chi connectivity index (χ0n) is 9.60. The van der Waals surface area contributed by atoms with Crippen molar-refractivity contribution in [2.45, 2.75) is 50.7 Å². The van der Waals surface area contributed by atoms with Gasteiger partial charge in [-0.25, -0.2) is 18.1 Å². The maximum absolute atomic E-state index is 11.9. The summed E-state index contributed by atoms with van der Waals surface area (Å²) in [7, 11) is -3.40. The van der Waals surface area contributed by atoms with Crippen LogP contribution in [-0.2, 0) is 16.6 Å². The van der Waals surface area contributed by atoms with Crippen molar-refractivity contribution in [2.75, 3.05) is 0 Å². The van der Waals surface area contributed by atoms with Gasteiger partial charge in [0.2, 0.25) is 0 Å². The molecule has 1 aromatic heterocycles. The fourth-order valence-corrected chi connectivity index (χ4v) is 2.87. The van der Waals surface area contributed by atoms with Gasteiger partial charge in [0.05, 0.1) is 0 Å². The molecule has 2 rings (SSSR count). The monoisotopic (exact) mass is 243 g/mol. The van der Waals surface area contributed by atoms with Crippen molar-refractivity contribution < 1.29 is 8.42 Å². The predicted molar refractivity (Wildman–Crippen MR) is 60.6 cm³/mol. The maximum Gasteiger partial charge on any atom is 0.259 e. The van der Waals surface area contributed by atoms with Crippen LogP contribution in [0.25, 0.3) is 0 Å². The SMILES string of the molecule is CCCn1cc(S(=O)(=O)NC2CC2)nc1C. The van der Waals surface area contributed by atoms with Gasteiger partial charge in [-0.05, 0) is 26.2 Å². The summed E-state index contributed by atoms with van der Waals surface area (Å²) < 4.78 is 28.2. The van der Waals surface area contributed by atoms with Crippen molar-refractivity contribution >= 4 is 10.0 Å². The summed E-state index contributed by atoms with van der Waals surface area (Å²) in [4.78, 5) is 4.09. The number of aromatic nitrogens is 2. The van der Waals surface area contributed by atoms with Gasteiger partial charge in [0, 0.05) is 18.8 Å². The number of imidazole rings is 1. The number of rotatable bonds is 5. The van der Waals surface area contributed by atoms with Crippen LogP contribution < -0.4 is 4.72 Å². The molecule has 5 nitrogen and oxygen atoms in total. The second-order valence-electron chi connectivity index (χ2n) is 4.22. The molecule has 1 heterocycles. The predicted octanol–water partition coefficient (Wildman–Crippen LogP) is 1.04. The van der Waals surface area contributed by atoms with Crippen LogP contribution in [0.5, 0.6) is 0 Å². The lowest BCUT2D eigenvalue weighted by molar-refractivity contribution is 0.577. The van der Waals surface area contributed by atoms with Crippen molar-refractivity contribution in [1.82, 2.24) is 14.3 Å². The maximum atomic E-state index is 11.9. The normalized spacial score (nSPS) is 16.6. The molecular formula is C10H17N3O2S. The minimum Gasteiger partial charge on any atom is -0.334 e. The molecule has 0 radical (unpaired) electrons. The quantitative estimate of drug-likeness (QED) is 0.840. The number of sulfonamides is 1. The van der Waals surface area contributed by atoms with Crippen LogP contribution in [0.4, 0.5) is 0 Å². The average Bonchev–Trinajstić information content (AvgIpc) is 2.91. The van der Waals surface area contributed by atoms with E-state index in [1.165, 1.54) is 0 Å². The highest BCUT2D eigenvalue weighted by atomic mass is 32.2. The van der Waals surface area contributed by atoms with Gasteiger partial charge in [-0.15, -0.1) is 0 Å². The molecule has 0 aromatic carbocycles. The number of nitrogens with one attached hydrogen (secondary N) is 1. The Morgan fingerprint density at radius 3 is 2.81 bits per heavy atom. The Morgan fingerprint density at radius 1 is 1.56 bits per heavy atom. The molecule has 0 spiro atoms. The summed E-state index contributed by atoms with van der Waals surface area (Å²) in [5.74, 6) is 0.748. The summed E-state index contributed by atoms with van der Waals surface area (Å²) in [5, 5.41) is 0.144. The fraction of sp³-hybridized carbons (Fsp3) is 0.700. The number of aryl methyl sites for hydroxylation is 2. The second kappa shape index (κ2) is 4.18. The summed E-state index contributed by atoms with van der Waals surface area (Å²) in [6, 6.07) is 0.127. The van der Waals surface area contributed by atoms with E-state index in [-0.39, 0.29) is 11.1 Å². The number of hydrogen-bond donors (Lipinski definition) is 1. The van der Waals surface area contributed by atoms with E-state index in [2.05, 4.69) is 16.6 Å². The van der Waals surface area contributed by atoms with Gasteiger partial charge in [-0.3, -0.25) is 0 Å². The average molecular weight is 243 g/mol. The molecule has 0 atom stereocenters. The molecule has 1 aliphatic carbocycles. The lowest BCUT2D eigenvalue weighted by atomic mass is 10.5. The van der Waals surface area contributed by atoms with Crippen molar-refractivity contribution in [3.05, 3.63) is 12.0 Å². The summed E-state index contributed by atoms with van der Waals surface area (Å²) in [6.45, 7) is 4.68. The van der Waals surface area contributed by atoms with Crippen molar-refractivity contribution in [3.63, 3.8) is 0 Å². The third kappa shape index (κ3) is 2.44. The van der Waals surface area contributed by atoms with Crippen LogP contribution in [0, 0.1) is 6.92 Å². The van der Waals surface area contributed by atoms with Crippen molar-refractivity contribution in [2.24, 2.45) is 0 Å². The van der Waals surface area contributed by atoms with Gasteiger partial charge in [0.25, 0.3) is 10.0 Å². The standard InChI is InChI=1S/C10H17N3O2S/c1-3-6-13-7-10(11-8(13)2)16(14,15)12-9-4-5-9/h7,9,12H,3-6H2,1-2H3. The zero-order valence-corrected chi connectivity index (χ0v) is 10.4. The molecule has 0 saturated heterocycles. The van der Waals surface area contributed by atoms with E-state index in [1.54, 1.807) is 6.20 Å². The van der Waals surface area contributed by atoms with Crippen molar-refractivity contribution in [1.29, 1.82) is 0 Å². The molecule has 0 bridgehead atoms. The first-order valence-electron chi connectivity index (χ1n) is 5.59. The molecule has 1 aromatic rings. The Bertz CT molecular complexity index is 474. The highest BCUT2D eigenvalue weighted by Gasteiger charge is 2.29. The van der Waals surface area contributed by atoms with Gasteiger partial charge in [0.1, 0.15) is 5.82 Å². The largest absolute Gasteiger partial charge is 0.334 e. The highest BCUT2D eigenvalue weighted by molar-refractivity contribution is 7.89. The first-order chi connectivity index (χ1) is 7.53. The van der Waals surface area contributed by atoms with Gasteiger partial charge in [0.15, 0.2) is 5.03 Å². The Morgan fingerprint density at radius 2 is 2.25 bits per heavy atom. The summed E-state index contributed by atoms with van der Waals surface area (Å²) >= 11 is 0. The first kappa shape index (κ1) is 11.6. The van der Waals surface area contributed by atoms with E-state index in [0.29, 0.717) is 0 Å². The second-order valence-corrected chi connectivity index (χ2v) is 5.88. The number of nitrogens with zero attached hydrogens (tertiary/aromatic N) is 2. The fourth-order valence-electron chi connectivity index (χ4n) is 1.56. The highest BCUT2D eigenvalue weighted by Crippen LogP contribution is 2.21. The van der Waals surface area contributed by atoms with Crippen LogP contribution in [0.2, 0.25) is 0 Å². The van der Waals surface area contributed by atoms with Gasteiger partial charge in [-0.1, -0.05) is 6.92 Å². The third-order valence-corrected chi connectivity index (χ3v) is 3.98. The van der Waals surface area contributed by atoms with E-state index in [0.717, 1.165) is 31.6 Å². The molecule has 1 fully saturated rings. The Hall–Kier alpha value is -0.880. The van der Waals surface area contributed by atoms with E-state index in [4.69, 9.17) is 0 Å². The minimum absolute atomic E-state index is 0.127. The van der Waals surface area contributed by atoms with Gasteiger partial charge >= 0.3 is 0 Å². The topological polar surface area (TPSA) is 64.0 Å². The van der Waals surface area contributed by atoms with Crippen LogP contribution in [0.15, 0.2) is 11.2 Å². The molecule has 0 unspecified atom stereocenters. The van der Waals surface area contributed by atoms with Crippen LogP contribution in [0.1, 0.15) is 32.0 Å². The molecule has 1 aliphatic rings. The van der Waals surface area contributed by atoms with E-state index in [9.17, 15) is 8.42 Å². The van der Waals surface area contributed by atoms with E-state index >= 15 is 0 Å². The lowest BCUT2D eigenvalue weighted by Crippen LogP contribution is -2.26. The first-order valence-corrected chi connectivity index (χ1v) is 7.07. The Balaban J connectivity index is 2.22. The molecule has 1 N–H and O–H groups in total. The third-order valence-electron chi connectivity index (χ3n) is 2.59. The molecule has 1 saturated carbocycles. The molecule has 16 heavy (non-hydrogen) atoms. The van der Waals surface area contributed by atoms with Gasteiger partial charge < -0.3 is 4.57 Å².